The van der Waals surface area contributed by atoms with Crippen LogP contribution in [0.5, 0.6) is 0 Å². The summed E-state index contributed by atoms with van der Waals surface area (Å²) in [7, 11) is 0. The van der Waals surface area contributed by atoms with Gasteiger partial charge in [0.05, 0.1) is 11.4 Å². The van der Waals surface area contributed by atoms with Gasteiger partial charge in [0.1, 0.15) is 0 Å². The van der Waals surface area contributed by atoms with E-state index in [1.165, 1.54) is 11.8 Å². The van der Waals surface area contributed by atoms with Gasteiger partial charge in [-0.3, -0.25) is 9.59 Å². The summed E-state index contributed by atoms with van der Waals surface area (Å²) < 4.78 is 0. The van der Waals surface area contributed by atoms with Crippen molar-refractivity contribution in [3.8, 4) is 0 Å². The third kappa shape index (κ3) is 1.21. The van der Waals surface area contributed by atoms with Crippen molar-refractivity contribution >= 4 is 29.1 Å². The molecule has 4 heteroatoms. The molecule has 0 saturated heterocycles. The highest BCUT2D eigenvalue weighted by Crippen LogP contribution is 2.40. The molecule has 1 amide bonds. The van der Waals surface area contributed by atoms with E-state index in [2.05, 4.69) is 0 Å². The van der Waals surface area contributed by atoms with E-state index < -0.39 is 0 Å². The van der Waals surface area contributed by atoms with E-state index in [0.717, 1.165) is 10.6 Å². The number of anilines is 1. The molecule has 2 aliphatic rings. The van der Waals surface area contributed by atoms with Crippen molar-refractivity contribution in [2.24, 2.45) is 0 Å². The Bertz CT molecular complexity index is 470. The van der Waals surface area contributed by atoms with E-state index in [9.17, 15) is 9.59 Å². The maximum absolute atomic E-state index is 11.7. The number of benzene rings is 1. The molecule has 1 aromatic carbocycles. The SMILES string of the molecule is O=C1CCN2C(=O)CSc3cccc1c32. The second-order valence-corrected chi connectivity index (χ2v) is 4.68. The fraction of sp³-hybridized carbons (Fsp3) is 0.273. The molecule has 2 heterocycles. The number of ketones is 1. The van der Waals surface area contributed by atoms with Crippen LogP contribution in [0.4, 0.5) is 5.69 Å². The van der Waals surface area contributed by atoms with Crippen molar-refractivity contribution in [2.45, 2.75) is 11.3 Å². The van der Waals surface area contributed by atoms with Crippen LogP contribution in [-0.2, 0) is 4.79 Å². The number of nitrogens with zero attached hydrogens (tertiary/aromatic N) is 1. The third-order valence-corrected chi connectivity index (χ3v) is 3.82. The Morgan fingerprint density at radius 2 is 2.13 bits per heavy atom. The van der Waals surface area contributed by atoms with Gasteiger partial charge in [0.2, 0.25) is 5.91 Å². The largest absolute Gasteiger partial charge is 0.309 e. The standard InChI is InChI=1S/C11H9NO2S/c13-8-4-5-12-10(14)6-15-9-3-1-2-7(8)11(9)12/h1-3H,4-6H2. The molecule has 0 aromatic heterocycles. The summed E-state index contributed by atoms with van der Waals surface area (Å²) in [5.74, 6) is 0.760. The molecular formula is C11H9NO2S. The molecule has 0 bridgehead atoms. The van der Waals surface area contributed by atoms with Crippen molar-refractivity contribution in [1.82, 2.24) is 0 Å². The lowest BCUT2D eigenvalue weighted by molar-refractivity contribution is -0.116. The molecule has 0 radical (unpaired) electrons. The smallest absolute Gasteiger partial charge is 0.237 e. The molecule has 0 saturated carbocycles. The highest BCUT2D eigenvalue weighted by molar-refractivity contribution is 8.00. The van der Waals surface area contributed by atoms with E-state index in [1.54, 1.807) is 4.90 Å². The van der Waals surface area contributed by atoms with E-state index in [0.29, 0.717) is 24.3 Å². The first-order chi connectivity index (χ1) is 7.27. The summed E-state index contributed by atoms with van der Waals surface area (Å²) in [6, 6.07) is 5.67. The van der Waals surface area contributed by atoms with Crippen molar-refractivity contribution in [1.29, 1.82) is 0 Å². The van der Waals surface area contributed by atoms with Crippen LogP contribution in [-0.4, -0.2) is 24.0 Å². The fourth-order valence-electron chi connectivity index (χ4n) is 2.07. The third-order valence-electron chi connectivity index (χ3n) is 2.78. The first-order valence-corrected chi connectivity index (χ1v) is 5.85. The molecule has 15 heavy (non-hydrogen) atoms. The monoisotopic (exact) mass is 219 g/mol. The van der Waals surface area contributed by atoms with Gasteiger partial charge in [-0.2, -0.15) is 0 Å². The summed E-state index contributed by atoms with van der Waals surface area (Å²) in [4.78, 5) is 26.2. The van der Waals surface area contributed by atoms with E-state index in [-0.39, 0.29) is 11.7 Å². The Morgan fingerprint density at radius 1 is 1.27 bits per heavy atom. The highest BCUT2D eigenvalue weighted by Gasteiger charge is 2.32. The predicted octanol–water partition coefficient (Wildman–Crippen LogP) is 1.71. The summed E-state index contributed by atoms with van der Waals surface area (Å²) in [6.07, 6.45) is 0.451. The van der Waals surface area contributed by atoms with Crippen LogP contribution in [0.1, 0.15) is 16.8 Å². The minimum Gasteiger partial charge on any atom is -0.309 e. The minimum atomic E-state index is 0.118. The lowest BCUT2D eigenvalue weighted by Crippen LogP contribution is -2.40. The van der Waals surface area contributed by atoms with Crippen molar-refractivity contribution in [3.63, 3.8) is 0 Å². The van der Waals surface area contributed by atoms with Crippen molar-refractivity contribution in [2.75, 3.05) is 17.2 Å². The molecule has 1 aromatic rings. The van der Waals surface area contributed by atoms with E-state index in [1.807, 2.05) is 18.2 Å². The lowest BCUT2D eigenvalue weighted by Gasteiger charge is -2.33. The van der Waals surface area contributed by atoms with Gasteiger partial charge in [-0.25, -0.2) is 0 Å². The van der Waals surface area contributed by atoms with E-state index >= 15 is 0 Å². The molecule has 76 valence electrons. The van der Waals surface area contributed by atoms with Crippen LogP contribution >= 0.6 is 11.8 Å². The van der Waals surface area contributed by atoms with Crippen LogP contribution < -0.4 is 4.90 Å². The summed E-state index contributed by atoms with van der Waals surface area (Å²) >= 11 is 1.52. The number of hydrogen-bond donors (Lipinski definition) is 0. The molecule has 0 N–H and O–H groups in total. The molecule has 2 aliphatic heterocycles. The molecule has 0 fully saturated rings. The Kier molecular flexibility index (Phi) is 1.85. The average Bonchev–Trinajstić information content (AvgIpc) is 2.26. The summed E-state index contributed by atoms with van der Waals surface area (Å²) in [6.45, 7) is 0.544. The number of thioether (sulfide) groups is 1. The molecule has 3 rings (SSSR count). The molecule has 0 atom stereocenters. The van der Waals surface area contributed by atoms with Gasteiger partial charge < -0.3 is 4.90 Å². The van der Waals surface area contributed by atoms with Gasteiger partial charge in [0, 0.05) is 23.4 Å². The zero-order chi connectivity index (χ0) is 10.4. The van der Waals surface area contributed by atoms with Crippen LogP contribution in [0.15, 0.2) is 23.1 Å². The van der Waals surface area contributed by atoms with E-state index in [4.69, 9.17) is 0 Å². The van der Waals surface area contributed by atoms with Gasteiger partial charge in [-0.1, -0.05) is 6.07 Å². The summed E-state index contributed by atoms with van der Waals surface area (Å²) in [5, 5.41) is 0. The second kappa shape index (κ2) is 3.10. The van der Waals surface area contributed by atoms with Crippen LogP contribution in [0, 0.1) is 0 Å². The van der Waals surface area contributed by atoms with Gasteiger partial charge >= 0.3 is 0 Å². The lowest BCUT2D eigenvalue weighted by atomic mass is 10.0. The molecule has 3 nitrogen and oxygen atoms in total. The Morgan fingerprint density at radius 3 is 3.00 bits per heavy atom. The van der Waals surface area contributed by atoms with Crippen LogP contribution in [0.2, 0.25) is 0 Å². The van der Waals surface area contributed by atoms with Gasteiger partial charge in [-0.05, 0) is 12.1 Å². The molecule has 0 unspecified atom stereocenters. The number of rotatable bonds is 0. The number of hydrogen-bond acceptors (Lipinski definition) is 3. The molecule has 0 aliphatic carbocycles. The number of carbonyl (C=O) groups is 2. The molecular weight excluding hydrogens is 210 g/mol. The fourth-order valence-corrected chi connectivity index (χ4v) is 3.04. The quantitative estimate of drug-likeness (QED) is 0.666. The van der Waals surface area contributed by atoms with Crippen LogP contribution in [0.25, 0.3) is 0 Å². The highest BCUT2D eigenvalue weighted by atomic mass is 32.2. The van der Waals surface area contributed by atoms with Crippen molar-refractivity contribution in [3.05, 3.63) is 23.8 Å². The van der Waals surface area contributed by atoms with Gasteiger partial charge in [0.25, 0.3) is 0 Å². The minimum absolute atomic E-state index is 0.118. The normalized spacial score (nSPS) is 19.1. The average molecular weight is 219 g/mol. The Labute approximate surface area is 91.5 Å². The van der Waals surface area contributed by atoms with Crippen LogP contribution in [0.3, 0.4) is 0 Å². The number of amides is 1. The first kappa shape index (κ1) is 8.97. The Hall–Kier alpha value is -1.29. The van der Waals surface area contributed by atoms with Crippen molar-refractivity contribution < 1.29 is 9.59 Å². The molecule has 0 spiro atoms. The van der Waals surface area contributed by atoms with Gasteiger partial charge in [-0.15, -0.1) is 11.8 Å². The summed E-state index contributed by atoms with van der Waals surface area (Å²) in [5.41, 5.74) is 1.55. The number of para-hydroxylation sites is 1. The predicted molar refractivity (Wildman–Crippen MR) is 58.5 cm³/mol. The Balaban J connectivity index is 2.26. The maximum Gasteiger partial charge on any atom is 0.237 e. The zero-order valence-corrected chi connectivity index (χ0v) is 8.84. The number of carbonyl (C=O) groups excluding carboxylic acids is 2. The van der Waals surface area contributed by atoms with Gasteiger partial charge in [0.15, 0.2) is 5.78 Å². The zero-order valence-electron chi connectivity index (χ0n) is 8.03. The number of Topliss-reactive ketones (excluding diaryl/α,β-unsaturated/α-hetero) is 1. The maximum atomic E-state index is 11.7. The topological polar surface area (TPSA) is 37.4 Å². The first-order valence-electron chi connectivity index (χ1n) is 4.87. The second-order valence-electron chi connectivity index (χ2n) is 3.66.